The van der Waals surface area contributed by atoms with Gasteiger partial charge in [0.2, 0.25) is 0 Å². The van der Waals surface area contributed by atoms with Crippen LogP contribution in [0.5, 0.6) is 0 Å². The number of benzene rings is 1. The average Bonchev–Trinajstić information content (AvgIpc) is 2.31. The monoisotopic (exact) mass is 212 g/mol. The van der Waals surface area contributed by atoms with Crippen molar-refractivity contribution >= 4 is 0 Å². The van der Waals surface area contributed by atoms with Gasteiger partial charge in [-0.1, -0.05) is 30.3 Å². The molecule has 0 aliphatic heterocycles. The molecule has 0 bridgehead atoms. The zero-order valence-corrected chi connectivity index (χ0v) is 9.26. The van der Waals surface area contributed by atoms with Crippen molar-refractivity contribution in [3.05, 3.63) is 65.5 Å². The Morgan fingerprint density at radius 2 is 1.81 bits per heavy atom. The maximum absolute atomic E-state index is 5.55. The van der Waals surface area contributed by atoms with Gasteiger partial charge in [-0.15, -0.1) is 0 Å². The van der Waals surface area contributed by atoms with E-state index in [1.807, 2.05) is 12.3 Å². The van der Waals surface area contributed by atoms with E-state index in [4.69, 9.17) is 5.73 Å². The fourth-order valence-electron chi connectivity index (χ4n) is 1.80. The summed E-state index contributed by atoms with van der Waals surface area (Å²) in [4.78, 5) is 4.12. The van der Waals surface area contributed by atoms with Crippen LogP contribution in [0.1, 0.15) is 16.7 Å². The second kappa shape index (κ2) is 5.42. The lowest BCUT2D eigenvalue weighted by atomic mass is 10.0. The molecule has 2 aromatic rings. The van der Waals surface area contributed by atoms with Gasteiger partial charge in [-0.05, 0) is 42.1 Å². The molecule has 0 unspecified atom stereocenters. The third-order valence-electron chi connectivity index (χ3n) is 2.56. The van der Waals surface area contributed by atoms with Crippen molar-refractivity contribution in [2.24, 2.45) is 5.73 Å². The van der Waals surface area contributed by atoms with Gasteiger partial charge in [0.15, 0.2) is 0 Å². The fraction of sp³-hybridized carbons (Fsp3) is 0.214. The third-order valence-corrected chi connectivity index (χ3v) is 2.56. The van der Waals surface area contributed by atoms with Crippen LogP contribution in [-0.2, 0) is 12.8 Å². The summed E-state index contributed by atoms with van der Waals surface area (Å²) in [6, 6.07) is 12.7. The molecule has 0 atom stereocenters. The molecule has 82 valence electrons. The second-order valence-corrected chi connectivity index (χ2v) is 3.90. The fourth-order valence-corrected chi connectivity index (χ4v) is 1.80. The van der Waals surface area contributed by atoms with Gasteiger partial charge in [-0.3, -0.25) is 4.98 Å². The zero-order valence-electron chi connectivity index (χ0n) is 9.26. The van der Waals surface area contributed by atoms with Crippen LogP contribution >= 0.6 is 0 Å². The molecular weight excluding hydrogens is 196 g/mol. The smallest absolute Gasteiger partial charge is 0.0303 e. The molecule has 0 fully saturated rings. The predicted molar refractivity (Wildman–Crippen MR) is 66.2 cm³/mol. The quantitative estimate of drug-likeness (QED) is 0.843. The molecule has 0 amide bonds. The minimum absolute atomic E-state index is 0.705. The summed E-state index contributed by atoms with van der Waals surface area (Å²) in [6.45, 7) is 0.705. The van der Waals surface area contributed by atoms with E-state index in [9.17, 15) is 0 Å². The van der Waals surface area contributed by atoms with Crippen LogP contribution in [0.3, 0.4) is 0 Å². The lowest BCUT2D eigenvalue weighted by Gasteiger charge is -2.04. The van der Waals surface area contributed by atoms with Gasteiger partial charge in [0.25, 0.3) is 0 Å². The SMILES string of the molecule is NCCc1cccc(Cc2cccnc2)c1. The lowest BCUT2D eigenvalue weighted by molar-refractivity contribution is 0.963. The topological polar surface area (TPSA) is 38.9 Å². The highest BCUT2D eigenvalue weighted by atomic mass is 14.6. The molecule has 0 spiro atoms. The summed E-state index contributed by atoms with van der Waals surface area (Å²) in [6.07, 6.45) is 5.59. The maximum Gasteiger partial charge on any atom is 0.0303 e. The molecule has 2 nitrogen and oxygen atoms in total. The van der Waals surface area contributed by atoms with E-state index in [0.29, 0.717) is 6.54 Å². The molecule has 2 heteroatoms. The molecular formula is C14H16N2. The first kappa shape index (κ1) is 10.8. The van der Waals surface area contributed by atoms with Crippen molar-refractivity contribution in [3.63, 3.8) is 0 Å². The molecule has 2 rings (SSSR count). The molecule has 16 heavy (non-hydrogen) atoms. The highest BCUT2D eigenvalue weighted by Crippen LogP contribution is 2.10. The number of hydrogen-bond donors (Lipinski definition) is 1. The minimum Gasteiger partial charge on any atom is -0.330 e. The van der Waals surface area contributed by atoms with Gasteiger partial charge < -0.3 is 5.73 Å². The van der Waals surface area contributed by atoms with Crippen molar-refractivity contribution in [2.75, 3.05) is 6.54 Å². The Morgan fingerprint density at radius 1 is 1.00 bits per heavy atom. The number of rotatable bonds is 4. The third kappa shape index (κ3) is 2.91. The lowest BCUT2D eigenvalue weighted by Crippen LogP contribution is -2.03. The standard InChI is InChI=1S/C14H16N2/c15-7-6-12-3-1-4-13(9-12)10-14-5-2-8-16-11-14/h1-5,8-9,11H,6-7,10,15H2. The summed E-state index contributed by atoms with van der Waals surface area (Å²) < 4.78 is 0. The van der Waals surface area contributed by atoms with Crippen molar-refractivity contribution in [1.29, 1.82) is 0 Å². The van der Waals surface area contributed by atoms with Crippen LogP contribution in [0.2, 0.25) is 0 Å². The number of pyridine rings is 1. The Balaban J connectivity index is 2.12. The second-order valence-electron chi connectivity index (χ2n) is 3.90. The summed E-state index contributed by atoms with van der Waals surface area (Å²) >= 11 is 0. The largest absolute Gasteiger partial charge is 0.330 e. The number of nitrogens with two attached hydrogens (primary N) is 1. The average molecular weight is 212 g/mol. The van der Waals surface area contributed by atoms with Gasteiger partial charge in [0, 0.05) is 12.4 Å². The van der Waals surface area contributed by atoms with Crippen LogP contribution in [0.15, 0.2) is 48.8 Å². The summed E-state index contributed by atoms with van der Waals surface area (Å²) in [7, 11) is 0. The van der Waals surface area contributed by atoms with Crippen molar-refractivity contribution in [1.82, 2.24) is 4.98 Å². The van der Waals surface area contributed by atoms with Crippen molar-refractivity contribution < 1.29 is 0 Å². The molecule has 2 N–H and O–H groups in total. The van der Waals surface area contributed by atoms with E-state index in [1.165, 1.54) is 16.7 Å². The Labute approximate surface area is 96.1 Å². The van der Waals surface area contributed by atoms with E-state index in [-0.39, 0.29) is 0 Å². The minimum atomic E-state index is 0.705. The zero-order chi connectivity index (χ0) is 11.2. The van der Waals surface area contributed by atoms with Crippen molar-refractivity contribution in [2.45, 2.75) is 12.8 Å². The molecule has 1 aromatic carbocycles. The van der Waals surface area contributed by atoms with Gasteiger partial charge in [-0.2, -0.15) is 0 Å². The van der Waals surface area contributed by atoms with E-state index in [2.05, 4.69) is 35.3 Å². The van der Waals surface area contributed by atoms with Crippen molar-refractivity contribution in [3.8, 4) is 0 Å². The molecule has 0 aliphatic rings. The van der Waals surface area contributed by atoms with Crippen LogP contribution in [0.25, 0.3) is 0 Å². The first-order valence-corrected chi connectivity index (χ1v) is 5.55. The molecule has 1 aromatic heterocycles. The number of hydrogen-bond acceptors (Lipinski definition) is 2. The normalized spacial score (nSPS) is 10.3. The van der Waals surface area contributed by atoms with Gasteiger partial charge in [0.05, 0.1) is 0 Å². The van der Waals surface area contributed by atoms with Gasteiger partial charge in [0.1, 0.15) is 0 Å². The maximum atomic E-state index is 5.55. The summed E-state index contributed by atoms with van der Waals surface area (Å²) in [5.41, 5.74) is 9.42. The van der Waals surface area contributed by atoms with Crippen LogP contribution in [-0.4, -0.2) is 11.5 Å². The molecule has 0 radical (unpaired) electrons. The van der Waals surface area contributed by atoms with Gasteiger partial charge in [-0.25, -0.2) is 0 Å². The Kier molecular flexibility index (Phi) is 3.67. The van der Waals surface area contributed by atoms with E-state index >= 15 is 0 Å². The number of aromatic nitrogens is 1. The molecule has 0 saturated heterocycles. The first-order chi connectivity index (χ1) is 7.88. The summed E-state index contributed by atoms with van der Waals surface area (Å²) in [5.74, 6) is 0. The van der Waals surface area contributed by atoms with Gasteiger partial charge >= 0.3 is 0 Å². The Morgan fingerprint density at radius 3 is 2.56 bits per heavy atom. The predicted octanol–water partition coefficient (Wildman–Crippen LogP) is 2.17. The van der Waals surface area contributed by atoms with E-state index in [1.54, 1.807) is 6.20 Å². The molecule has 0 saturated carbocycles. The summed E-state index contributed by atoms with van der Waals surface area (Å²) in [5, 5.41) is 0. The van der Waals surface area contributed by atoms with Crippen LogP contribution in [0.4, 0.5) is 0 Å². The molecule has 1 heterocycles. The highest BCUT2D eigenvalue weighted by molar-refractivity contribution is 5.28. The highest BCUT2D eigenvalue weighted by Gasteiger charge is 1.97. The van der Waals surface area contributed by atoms with E-state index < -0.39 is 0 Å². The van der Waals surface area contributed by atoms with E-state index in [0.717, 1.165) is 12.8 Å². The van der Waals surface area contributed by atoms with Crippen LogP contribution in [0, 0.1) is 0 Å². The molecule has 0 aliphatic carbocycles. The Bertz CT molecular complexity index is 437. The Hall–Kier alpha value is -1.67. The first-order valence-electron chi connectivity index (χ1n) is 5.55. The van der Waals surface area contributed by atoms with Crippen LogP contribution < -0.4 is 5.73 Å². The number of nitrogens with zero attached hydrogens (tertiary/aromatic N) is 1.